The molecule has 2 aliphatic heterocycles. The molecular formula is C14H18BrNOS. The number of hydrogen-bond donors (Lipinski definition) is 1. The van der Waals surface area contributed by atoms with Crippen LogP contribution in [0.15, 0.2) is 27.6 Å². The Morgan fingerprint density at radius 1 is 1.44 bits per heavy atom. The van der Waals surface area contributed by atoms with Crippen LogP contribution in [0, 0.1) is 0 Å². The number of thioether (sulfide) groups is 1. The molecule has 3 rings (SSSR count). The van der Waals surface area contributed by atoms with E-state index in [0.29, 0.717) is 5.25 Å². The largest absolute Gasteiger partial charge is 0.379 e. The van der Waals surface area contributed by atoms with Crippen molar-refractivity contribution >= 4 is 27.7 Å². The zero-order chi connectivity index (χ0) is 12.6. The van der Waals surface area contributed by atoms with Crippen LogP contribution in [0.25, 0.3) is 0 Å². The quantitative estimate of drug-likeness (QED) is 0.917. The van der Waals surface area contributed by atoms with Crippen molar-refractivity contribution in [2.75, 3.05) is 19.8 Å². The number of nitrogens with one attached hydrogen (secondary N) is 1. The van der Waals surface area contributed by atoms with Crippen LogP contribution in [-0.4, -0.2) is 25.0 Å². The summed E-state index contributed by atoms with van der Waals surface area (Å²) in [4.78, 5) is 1.33. The molecule has 2 heterocycles. The third kappa shape index (κ3) is 2.48. The topological polar surface area (TPSA) is 21.3 Å². The van der Waals surface area contributed by atoms with Crippen molar-refractivity contribution < 1.29 is 4.74 Å². The van der Waals surface area contributed by atoms with Crippen molar-refractivity contribution in [3.63, 3.8) is 0 Å². The Bertz CT molecular complexity index is 441. The summed E-state index contributed by atoms with van der Waals surface area (Å²) in [5, 5.41) is 4.24. The first-order valence-electron chi connectivity index (χ1n) is 6.47. The molecule has 1 atom stereocenters. The molecule has 2 aliphatic rings. The molecule has 18 heavy (non-hydrogen) atoms. The highest BCUT2D eigenvalue weighted by atomic mass is 79.9. The van der Waals surface area contributed by atoms with E-state index in [9.17, 15) is 0 Å². The molecule has 2 nitrogen and oxygen atoms in total. The van der Waals surface area contributed by atoms with Crippen molar-refractivity contribution in [3.05, 3.63) is 28.2 Å². The molecule has 0 saturated carbocycles. The lowest BCUT2D eigenvalue weighted by atomic mass is 9.91. The summed E-state index contributed by atoms with van der Waals surface area (Å²) in [6.45, 7) is 5.20. The molecule has 2 saturated heterocycles. The molecule has 1 aromatic carbocycles. The van der Waals surface area contributed by atoms with Crippen molar-refractivity contribution in [1.82, 2.24) is 5.32 Å². The van der Waals surface area contributed by atoms with Crippen LogP contribution in [0.5, 0.6) is 0 Å². The van der Waals surface area contributed by atoms with Gasteiger partial charge in [0.25, 0.3) is 0 Å². The van der Waals surface area contributed by atoms with E-state index in [1.54, 1.807) is 0 Å². The number of rotatable bonds is 3. The van der Waals surface area contributed by atoms with Crippen molar-refractivity contribution in [1.29, 1.82) is 0 Å². The minimum atomic E-state index is 0.158. The smallest absolute Gasteiger partial charge is 0.0611 e. The van der Waals surface area contributed by atoms with Gasteiger partial charge in [-0.25, -0.2) is 0 Å². The van der Waals surface area contributed by atoms with Crippen LogP contribution in [0.2, 0.25) is 0 Å². The fourth-order valence-electron chi connectivity index (χ4n) is 2.54. The number of benzene rings is 1. The lowest BCUT2D eigenvalue weighted by molar-refractivity contribution is 0.0455. The minimum absolute atomic E-state index is 0.158. The molecule has 2 fully saturated rings. The molecule has 0 aliphatic carbocycles. The van der Waals surface area contributed by atoms with E-state index in [2.05, 4.69) is 46.4 Å². The third-order valence-corrected chi connectivity index (χ3v) is 5.97. The second-order valence-corrected chi connectivity index (χ2v) is 7.48. The first kappa shape index (κ1) is 13.0. The van der Waals surface area contributed by atoms with Gasteiger partial charge in [-0.2, -0.15) is 0 Å². The van der Waals surface area contributed by atoms with Gasteiger partial charge in [0, 0.05) is 14.9 Å². The lowest BCUT2D eigenvalue weighted by Crippen LogP contribution is -2.33. The van der Waals surface area contributed by atoms with Gasteiger partial charge in [0.2, 0.25) is 0 Å². The van der Waals surface area contributed by atoms with E-state index in [1.807, 2.05) is 11.8 Å². The molecule has 0 amide bonds. The van der Waals surface area contributed by atoms with Gasteiger partial charge in [-0.1, -0.05) is 6.07 Å². The Morgan fingerprint density at radius 2 is 2.28 bits per heavy atom. The molecule has 0 aromatic heterocycles. The zero-order valence-corrected chi connectivity index (χ0v) is 12.9. The van der Waals surface area contributed by atoms with Gasteiger partial charge in [0.05, 0.1) is 18.5 Å². The standard InChI is InChI=1S/C14H18BrNOS/c1-14(5-2-6-16-14)10-3-4-13(12(15)7-10)18-11-8-17-9-11/h3-4,7,11,16H,2,5-6,8-9H2,1H3. The van der Waals surface area contributed by atoms with Gasteiger partial charge in [-0.05, 0) is 59.9 Å². The van der Waals surface area contributed by atoms with Crippen LogP contribution in [0.4, 0.5) is 0 Å². The molecule has 1 aromatic rings. The average Bonchev–Trinajstić information content (AvgIpc) is 2.73. The fraction of sp³-hybridized carbons (Fsp3) is 0.571. The Balaban J connectivity index is 1.79. The summed E-state index contributed by atoms with van der Waals surface area (Å²) in [5.41, 5.74) is 1.55. The number of halogens is 1. The van der Waals surface area contributed by atoms with Gasteiger partial charge >= 0.3 is 0 Å². The molecule has 0 radical (unpaired) electrons. The number of ether oxygens (including phenoxy) is 1. The third-order valence-electron chi connectivity index (χ3n) is 3.84. The van der Waals surface area contributed by atoms with Crippen LogP contribution in [0.3, 0.4) is 0 Å². The average molecular weight is 328 g/mol. The predicted molar refractivity (Wildman–Crippen MR) is 79.2 cm³/mol. The van der Waals surface area contributed by atoms with Crippen molar-refractivity contribution in [2.45, 2.75) is 35.4 Å². The van der Waals surface area contributed by atoms with Gasteiger partial charge in [-0.15, -0.1) is 11.8 Å². The Labute approximate surface area is 121 Å². The Hall–Kier alpha value is -0.0300. The summed E-state index contributed by atoms with van der Waals surface area (Å²) in [7, 11) is 0. The molecule has 1 unspecified atom stereocenters. The first-order valence-corrected chi connectivity index (χ1v) is 8.14. The monoisotopic (exact) mass is 327 g/mol. The molecule has 98 valence electrons. The zero-order valence-electron chi connectivity index (χ0n) is 10.5. The molecule has 0 spiro atoms. The normalized spacial score (nSPS) is 28.3. The van der Waals surface area contributed by atoms with Gasteiger partial charge < -0.3 is 10.1 Å². The summed E-state index contributed by atoms with van der Waals surface area (Å²) in [5.74, 6) is 0. The van der Waals surface area contributed by atoms with E-state index in [-0.39, 0.29) is 5.54 Å². The van der Waals surface area contributed by atoms with Gasteiger partial charge in [-0.3, -0.25) is 0 Å². The van der Waals surface area contributed by atoms with Crippen LogP contribution in [-0.2, 0) is 10.3 Å². The summed E-state index contributed by atoms with van der Waals surface area (Å²) < 4.78 is 6.44. The summed E-state index contributed by atoms with van der Waals surface area (Å²) in [6, 6.07) is 6.79. The summed E-state index contributed by atoms with van der Waals surface area (Å²) >= 11 is 5.63. The van der Waals surface area contributed by atoms with E-state index >= 15 is 0 Å². The second kappa shape index (κ2) is 5.16. The fourth-order valence-corrected chi connectivity index (χ4v) is 4.21. The van der Waals surface area contributed by atoms with E-state index in [1.165, 1.54) is 27.8 Å². The lowest BCUT2D eigenvalue weighted by Gasteiger charge is -2.28. The van der Waals surface area contributed by atoms with E-state index < -0.39 is 0 Å². The number of hydrogen-bond acceptors (Lipinski definition) is 3. The van der Waals surface area contributed by atoms with Crippen LogP contribution in [0.1, 0.15) is 25.3 Å². The van der Waals surface area contributed by atoms with Crippen molar-refractivity contribution in [2.24, 2.45) is 0 Å². The molecule has 1 N–H and O–H groups in total. The van der Waals surface area contributed by atoms with Gasteiger partial charge in [0.1, 0.15) is 0 Å². The van der Waals surface area contributed by atoms with Crippen molar-refractivity contribution in [3.8, 4) is 0 Å². The first-order chi connectivity index (χ1) is 8.67. The van der Waals surface area contributed by atoms with E-state index in [4.69, 9.17) is 4.74 Å². The van der Waals surface area contributed by atoms with Gasteiger partial charge in [0.15, 0.2) is 0 Å². The predicted octanol–water partition coefficient (Wildman–Crippen LogP) is 3.54. The van der Waals surface area contributed by atoms with Crippen LogP contribution >= 0.6 is 27.7 Å². The molecular weight excluding hydrogens is 310 g/mol. The molecule has 0 bridgehead atoms. The molecule has 4 heteroatoms. The maximum atomic E-state index is 5.22. The minimum Gasteiger partial charge on any atom is -0.379 e. The van der Waals surface area contributed by atoms with E-state index in [0.717, 1.165) is 19.8 Å². The Kier molecular flexibility index (Phi) is 3.72. The SMILES string of the molecule is CC1(c2ccc(SC3COC3)c(Br)c2)CCCN1. The van der Waals surface area contributed by atoms with Crippen LogP contribution < -0.4 is 5.32 Å². The summed E-state index contributed by atoms with van der Waals surface area (Å²) in [6.07, 6.45) is 2.49. The Morgan fingerprint density at radius 3 is 2.83 bits per heavy atom. The maximum absolute atomic E-state index is 5.22. The maximum Gasteiger partial charge on any atom is 0.0611 e. The highest BCUT2D eigenvalue weighted by molar-refractivity contribution is 9.10. The second-order valence-electron chi connectivity index (χ2n) is 5.28. The highest BCUT2D eigenvalue weighted by Gasteiger charge is 2.30. The highest BCUT2D eigenvalue weighted by Crippen LogP contribution is 2.37.